The number of rotatable bonds is 4. The lowest BCUT2D eigenvalue weighted by atomic mass is 10.3. The van der Waals surface area contributed by atoms with E-state index in [0.29, 0.717) is 16.4 Å². The summed E-state index contributed by atoms with van der Waals surface area (Å²) >= 11 is 1.39. The van der Waals surface area contributed by atoms with Crippen LogP contribution < -0.4 is 15.0 Å². The van der Waals surface area contributed by atoms with Crippen LogP contribution >= 0.6 is 11.3 Å². The molecule has 0 spiro atoms. The SMILES string of the molecule is COc1nccc(N(C)C)c1NC(=O)c1cccs1. The van der Waals surface area contributed by atoms with Gasteiger partial charge in [0, 0.05) is 20.3 Å². The average Bonchev–Trinajstić information content (AvgIpc) is 2.92. The van der Waals surface area contributed by atoms with E-state index in [-0.39, 0.29) is 5.91 Å². The number of nitrogens with one attached hydrogen (secondary N) is 1. The van der Waals surface area contributed by atoms with Gasteiger partial charge in [-0.05, 0) is 17.5 Å². The molecule has 0 bridgehead atoms. The van der Waals surface area contributed by atoms with Crippen molar-refractivity contribution in [1.29, 1.82) is 0 Å². The summed E-state index contributed by atoms with van der Waals surface area (Å²) in [7, 11) is 5.33. The Hall–Kier alpha value is -2.08. The molecule has 0 saturated heterocycles. The summed E-state index contributed by atoms with van der Waals surface area (Å²) in [6.07, 6.45) is 1.65. The number of hydrogen-bond donors (Lipinski definition) is 1. The molecule has 2 rings (SSSR count). The van der Waals surface area contributed by atoms with Gasteiger partial charge in [-0.15, -0.1) is 11.3 Å². The molecule has 0 aliphatic carbocycles. The molecule has 0 fully saturated rings. The molecule has 2 aromatic rings. The number of aromatic nitrogens is 1. The Labute approximate surface area is 115 Å². The van der Waals surface area contributed by atoms with Crippen molar-refractivity contribution in [3.8, 4) is 5.88 Å². The summed E-state index contributed by atoms with van der Waals surface area (Å²) in [4.78, 5) is 18.8. The minimum atomic E-state index is -0.163. The van der Waals surface area contributed by atoms with E-state index in [1.807, 2.05) is 36.5 Å². The van der Waals surface area contributed by atoms with Crippen LogP contribution in [0.2, 0.25) is 0 Å². The van der Waals surface area contributed by atoms with Crippen molar-refractivity contribution in [3.63, 3.8) is 0 Å². The molecular formula is C13H15N3O2S. The van der Waals surface area contributed by atoms with Gasteiger partial charge >= 0.3 is 0 Å². The number of amides is 1. The first kappa shape index (κ1) is 13.4. The van der Waals surface area contributed by atoms with E-state index in [0.717, 1.165) is 5.69 Å². The van der Waals surface area contributed by atoms with Crippen molar-refractivity contribution in [3.05, 3.63) is 34.7 Å². The van der Waals surface area contributed by atoms with Gasteiger partial charge < -0.3 is 15.0 Å². The highest BCUT2D eigenvalue weighted by Crippen LogP contribution is 2.32. The second-order valence-corrected chi connectivity index (χ2v) is 4.99. The molecule has 0 radical (unpaired) electrons. The molecule has 6 heteroatoms. The fourth-order valence-electron chi connectivity index (χ4n) is 1.66. The third-order valence-electron chi connectivity index (χ3n) is 2.55. The van der Waals surface area contributed by atoms with Gasteiger partial charge in [0.15, 0.2) is 0 Å². The molecule has 19 heavy (non-hydrogen) atoms. The number of methoxy groups -OCH3 is 1. The van der Waals surface area contributed by atoms with Crippen LogP contribution in [0.15, 0.2) is 29.8 Å². The summed E-state index contributed by atoms with van der Waals surface area (Å²) in [5.41, 5.74) is 1.42. The fourth-order valence-corrected chi connectivity index (χ4v) is 2.28. The maximum absolute atomic E-state index is 12.1. The number of carbonyl (C=O) groups excluding carboxylic acids is 1. The highest BCUT2D eigenvalue weighted by Gasteiger charge is 2.16. The van der Waals surface area contributed by atoms with Crippen molar-refractivity contribution in [2.75, 3.05) is 31.4 Å². The van der Waals surface area contributed by atoms with E-state index in [1.165, 1.54) is 18.4 Å². The monoisotopic (exact) mass is 277 g/mol. The Balaban J connectivity index is 2.35. The molecule has 0 unspecified atom stereocenters. The number of hydrogen-bond acceptors (Lipinski definition) is 5. The van der Waals surface area contributed by atoms with Gasteiger partial charge in [0.05, 0.1) is 17.7 Å². The summed E-state index contributed by atoms with van der Waals surface area (Å²) in [6.45, 7) is 0. The van der Waals surface area contributed by atoms with Crippen LogP contribution in [0.3, 0.4) is 0 Å². The van der Waals surface area contributed by atoms with Gasteiger partial charge in [-0.2, -0.15) is 0 Å². The van der Waals surface area contributed by atoms with Crippen molar-refractivity contribution in [2.24, 2.45) is 0 Å². The van der Waals surface area contributed by atoms with E-state index in [1.54, 1.807) is 12.3 Å². The van der Waals surface area contributed by atoms with Crippen LogP contribution in [-0.2, 0) is 0 Å². The molecule has 0 aliphatic heterocycles. The summed E-state index contributed by atoms with van der Waals surface area (Å²) in [5.74, 6) is 0.237. The molecule has 2 aromatic heterocycles. The smallest absolute Gasteiger partial charge is 0.265 e. The van der Waals surface area contributed by atoms with Crippen LogP contribution in [0.25, 0.3) is 0 Å². The average molecular weight is 277 g/mol. The molecule has 1 amide bonds. The van der Waals surface area contributed by atoms with Gasteiger partial charge in [-0.25, -0.2) is 4.98 Å². The van der Waals surface area contributed by atoms with Gasteiger partial charge in [0.2, 0.25) is 5.88 Å². The minimum absolute atomic E-state index is 0.163. The topological polar surface area (TPSA) is 54.5 Å². The molecule has 0 aliphatic rings. The summed E-state index contributed by atoms with van der Waals surface area (Å²) in [6, 6.07) is 5.44. The lowest BCUT2D eigenvalue weighted by molar-refractivity contribution is 0.103. The van der Waals surface area contributed by atoms with Crippen LogP contribution in [-0.4, -0.2) is 32.1 Å². The largest absolute Gasteiger partial charge is 0.479 e. The number of nitrogens with zero attached hydrogens (tertiary/aromatic N) is 2. The van der Waals surface area contributed by atoms with Crippen LogP contribution in [0, 0.1) is 0 Å². The normalized spacial score (nSPS) is 10.1. The fraction of sp³-hybridized carbons (Fsp3) is 0.231. The third kappa shape index (κ3) is 2.85. The van der Waals surface area contributed by atoms with Crippen molar-refractivity contribution in [1.82, 2.24) is 4.98 Å². The lowest BCUT2D eigenvalue weighted by Crippen LogP contribution is -2.17. The predicted octanol–water partition coefficient (Wildman–Crippen LogP) is 2.47. The summed E-state index contributed by atoms with van der Waals surface area (Å²) in [5, 5.41) is 4.72. The van der Waals surface area contributed by atoms with Gasteiger partial charge in [-0.3, -0.25) is 4.79 Å². The summed E-state index contributed by atoms with van der Waals surface area (Å²) < 4.78 is 5.21. The number of ether oxygens (including phenoxy) is 1. The molecule has 5 nitrogen and oxygen atoms in total. The molecule has 100 valence electrons. The number of carbonyl (C=O) groups is 1. The Morgan fingerprint density at radius 1 is 1.42 bits per heavy atom. The van der Waals surface area contributed by atoms with Crippen LogP contribution in [0.4, 0.5) is 11.4 Å². The van der Waals surface area contributed by atoms with Crippen LogP contribution in [0.1, 0.15) is 9.67 Å². The van der Waals surface area contributed by atoms with Crippen molar-refractivity contribution in [2.45, 2.75) is 0 Å². The van der Waals surface area contributed by atoms with E-state index < -0.39 is 0 Å². The Bertz CT molecular complexity index is 567. The van der Waals surface area contributed by atoms with Crippen LogP contribution in [0.5, 0.6) is 5.88 Å². The molecule has 0 aromatic carbocycles. The quantitative estimate of drug-likeness (QED) is 0.932. The zero-order chi connectivity index (χ0) is 13.8. The Morgan fingerprint density at radius 3 is 2.79 bits per heavy atom. The highest BCUT2D eigenvalue weighted by molar-refractivity contribution is 7.12. The van der Waals surface area contributed by atoms with E-state index in [4.69, 9.17) is 4.74 Å². The molecule has 2 heterocycles. The third-order valence-corrected chi connectivity index (χ3v) is 3.42. The number of pyridine rings is 1. The van der Waals surface area contributed by atoms with Gasteiger partial charge in [0.1, 0.15) is 5.69 Å². The highest BCUT2D eigenvalue weighted by atomic mass is 32.1. The second-order valence-electron chi connectivity index (χ2n) is 4.04. The first-order valence-electron chi connectivity index (χ1n) is 5.68. The standard InChI is InChI=1S/C13H15N3O2S/c1-16(2)9-6-7-14-13(18-3)11(9)15-12(17)10-5-4-8-19-10/h4-8H,1-3H3,(H,15,17). The van der Waals surface area contributed by atoms with Gasteiger partial charge in [0.25, 0.3) is 5.91 Å². The van der Waals surface area contributed by atoms with Gasteiger partial charge in [-0.1, -0.05) is 6.07 Å². The zero-order valence-electron chi connectivity index (χ0n) is 11.0. The van der Waals surface area contributed by atoms with E-state index >= 15 is 0 Å². The first-order chi connectivity index (χ1) is 9.13. The molecular weight excluding hydrogens is 262 g/mol. The molecule has 1 N–H and O–H groups in total. The second kappa shape index (κ2) is 5.71. The van der Waals surface area contributed by atoms with E-state index in [2.05, 4.69) is 10.3 Å². The lowest BCUT2D eigenvalue weighted by Gasteiger charge is -2.19. The minimum Gasteiger partial charge on any atom is -0.479 e. The maximum atomic E-state index is 12.1. The first-order valence-corrected chi connectivity index (χ1v) is 6.56. The van der Waals surface area contributed by atoms with Crippen molar-refractivity contribution >= 4 is 28.6 Å². The number of thiophene rings is 1. The zero-order valence-corrected chi connectivity index (χ0v) is 11.8. The predicted molar refractivity (Wildman–Crippen MR) is 77.4 cm³/mol. The molecule has 0 atom stereocenters. The Morgan fingerprint density at radius 2 is 2.21 bits per heavy atom. The van der Waals surface area contributed by atoms with E-state index in [9.17, 15) is 4.79 Å². The maximum Gasteiger partial charge on any atom is 0.265 e. The Kier molecular flexibility index (Phi) is 4.01. The van der Waals surface area contributed by atoms with Crippen molar-refractivity contribution < 1.29 is 9.53 Å². The number of anilines is 2. The molecule has 0 saturated carbocycles.